The lowest BCUT2D eigenvalue weighted by Crippen LogP contribution is -2.51. The zero-order chi connectivity index (χ0) is 13.7. The van der Waals surface area contributed by atoms with Crippen LogP contribution in [0.1, 0.15) is 20.8 Å². The zero-order valence-corrected chi connectivity index (χ0v) is 12.5. The van der Waals surface area contributed by atoms with Crippen molar-refractivity contribution in [2.45, 2.75) is 38.2 Å². The van der Waals surface area contributed by atoms with Crippen molar-refractivity contribution in [2.24, 2.45) is 0 Å². The lowest BCUT2D eigenvalue weighted by atomic mass is 10.3. The number of nitrogens with zero attached hydrogens (tertiary/aromatic N) is 1. The van der Waals surface area contributed by atoms with E-state index in [0.717, 1.165) is 11.5 Å². The van der Waals surface area contributed by atoms with Crippen molar-refractivity contribution in [1.29, 1.82) is 0 Å². The Bertz CT molecular complexity index is 315. The van der Waals surface area contributed by atoms with Gasteiger partial charge in [-0.15, -0.1) is 11.8 Å². The Morgan fingerprint density at radius 2 is 2.28 bits per heavy atom. The van der Waals surface area contributed by atoms with Gasteiger partial charge in [0.1, 0.15) is 6.04 Å². The molecule has 1 fully saturated rings. The van der Waals surface area contributed by atoms with Crippen molar-refractivity contribution in [3.8, 4) is 0 Å². The Morgan fingerprint density at radius 1 is 1.61 bits per heavy atom. The topological polar surface area (TPSA) is 69.6 Å². The van der Waals surface area contributed by atoms with Gasteiger partial charge >= 0.3 is 12.0 Å². The van der Waals surface area contributed by atoms with Crippen molar-refractivity contribution in [2.75, 3.05) is 17.3 Å². The fraction of sp³-hybridized carbons (Fsp3) is 0.818. The molecule has 104 valence electrons. The van der Waals surface area contributed by atoms with Gasteiger partial charge in [-0.05, 0) is 19.6 Å². The number of rotatable bonds is 5. The van der Waals surface area contributed by atoms with Crippen LogP contribution in [-0.4, -0.2) is 56.7 Å². The summed E-state index contributed by atoms with van der Waals surface area (Å²) in [7, 11) is 0. The molecule has 0 spiro atoms. The lowest BCUT2D eigenvalue weighted by Gasteiger charge is -2.27. The van der Waals surface area contributed by atoms with Crippen LogP contribution in [-0.2, 0) is 4.79 Å². The largest absolute Gasteiger partial charge is 0.480 e. The molecule has 0 radical (unpaired) electrons. The van der Waals surface area contributed by atoms with Gasteiger partial charge in [0.25, 0.3) is 0 Å². The molecule has 2 N–H and O–H groups in total. The van der Waals surface area contributed by atoms with Crippen LogP contribution in [0, 0.1) is 0 Å². The molecule has 1 aliphatic rings. The van der Waals surface area contributed by atoms with E-state index >= 15 is 0 Å². The number of amides is 2. The standard InChI is InChI=1S/C11H20N2O3S2/c1-4-17-5-7(2)12-11(16)13-8(3)18-6-9(13)10(14)15/h7-9H,4-6H2,1-3H3,(H,12,16)(H,14,15). The summed E-state index contributed by atoms with van der Waals surface area (Å²) >= 11 is 3.25. The molecule has 0 aromatic heterocycles. The highest BCUT2D eigenvalue weighted by Gasteiger charge is 2.39. The van der Waals surface area contributed by atoms with E-state index in [4.69, 9.17) is 5.11 Å². The van der Waals surface area contributed by atoms with Crippen LogP contribution in [0.15, 0.2) is 0 Å². The number of carboxylic acid groups (broad SMARTS) is 1. The number of nitrogens with one attached hydrogen (secondary N) is 1. The Labute approximate surface area is 116 Å². The number of hydrogen-bond donors (Lipinski definition) is 2. The number of thioether (sulfide) groups is 2. The quantitative estimate of drug-likeness (QED) is 0.807. The van der Waals surface area contributed by atoms with E-state index in [2.05, 4.69) is 12.2 Å². The molecule has 18 heavy (non-hydrogen) atoms. The van der Waals surface area contributed by atoms with Gasteiger partial charge in [0.05, 0.1) is 5.37 Å². The zero-order valence-electron chi connectivity index (χ0n) is 10.9. The summed E-state index contributed by atoms with van der Waals surface area (Å²) in [6, 6.07) is -0.935. The first kappa shape index (κ1) is 15.5. The van der Waals surface area contributed by atoms with Crippen LogP contribution >= 0.6 is 23.5 Å². The molecule has 3 unspecified atom stereocenters. The van der Waals surface area contributed by atoms with Gasteiger partial charge in [0, 0.05) is 17.5 Å². The third-order valence-electron chi connectivity index (χ3n) is 2.68. The van der Waals surface area contributed by atoms with Gasteiger partial charge in [-0.3, -0.25) is 4.90 Å². The molecule has 0 aromatic rings. The molecule has 0 aliphatic carbocycles. The van der Waals surface area contributed by atoms with Crippen LogP contribution in [0.25, 0.3) is 0 Å². The lowest BCUT2D eigenvalue weighted by molar-refractivity contribution is -0.141. The average molecular weight is 292 g/mol. The smallest absolute Gasteiger partial charge is 0.327 e. The fourth-order valence-corrected chi connectivity index (χ4v) is 3.60. The van der Waals surface area contributed by atoms with E-state index in [1.54, 1.807) is 11.8 Å². The number of carboxylic acids is 1. The molecule has 7 heteroatoms. The first-order valence-corrected chi connectivity index (χ1v) is 8.18. The number of carbonyl (C=O) groups excluding carboxylic acids is 1. The van der Waals surface area contributed by atoms with Crippen molar-refractivity contribution in [3.05, 3.63) is 0 Å². The second-order valence-electron chi connectivity index (χ2n) is 4.20. The monoisotopic (exact) mass is 292 g/mol. The third-order valence-corrected chi connectivity index (χ3v) is 5.05. The Morgan fingerprint density at radius 3 is 2.83 bits per heavy atom. The van der Waals surface area contributed by atoms with Gasteiger partial charge in [-0.25, -0.2) is 9.59 Å². The highest BCUT2D eigenvalue weighted by atomic mass is 32.2. The van der Waals surface area contributed by atoms with Gasteiger partial charge in [-0.2, -0.15) is 11.8 Å². The minimum Gasteiger partial charge on any atom is -0.480 e. The summed E-state index contributed by atoms with van der Waals surface area (Å²) in [5.74, 6) is 1.38. The summed E-state index contributed by atoms with van der Waals surface area (Å²) in [5, 5.41) is 11.9. The van der Waals surface area contributed by atoms with Crippen molar-refractivity contribution in [1.82, 2.24) is 10.2 Å². The molecule has 0 bridgehead atoms. The molecule has 3 atom stereocenters. The van der Waals surface area contributed by atoms with E-state index in [-0.39, 0.29) is 17.4 Å². The number of hydrogen-bond acceptors (Lipinski definition) is 4. The molecule has 2 amide bonds. The van der Waals surface area contributed by atoms with Crippen LogP contribution in [0.5, 0.6) is 0 Å². The summed E-state index contributed by atoms with van der Waals surface area (Å²) in [6.45, 7) is 5.86. The second kappa shape index (κ2) is 7.13. The highest BCUT2D eigenvalue weighted by molar-refractivity contribution is 8.00. The van der Waals surface area contributed by atoms with E-state index < -0.39 is 12.0 Å². The maximum absolute atomic E-state index is 12.1. The Balaban J connectivity index is 2.55. The summed E-state index contributed by atoms with van der Waals surface area (Å²) in [6.07, 6.45) is 0. The Hall–Kier alpha value is -0.560. The van der Waals surface area contributed by atoms with Crippen molar-refractivity contribution >= 4 is 35.5 Å². The minimum atomic E-state index is -0.933. The van der Waals surface area contributed by atoms with Crippen LogP contribution < -0.4 is 5.32 Å². The molecule has 0 aromatic carbocycles. The molecular weight excluding hydrogens is 272 g/mol. The normalized spacial score (nSPS) is 24.9. The van der Waals surface area contributed by atoms with Crippen molar-refractivity contribution < 1.29 is 14.7 Å². The maximum Gasteiger partial charge on any atom is 0.327 e. The molecule has 1 saturated heterocycles. The average Bonchev–Trinajstić information content (AvgIpc) is 2.68. The number of aliphatic carboxylic acids is 1. The molecule has 0 saturated carbocycles. The first-order valence-electron chi connectivity index (χ1n) is 5.98. The van der Waals surface area contributed by atoms with Gasteiger partial charge in [0.2, 0.25) is 0 Å². The molecule has 1 rings (SSSR count). The highest BCUT2D eigenvalue weighted by Crippen LogP contribution is 2.28. The predicted molar refractivity (Wildman–Crippen MR) is 76.2 cm³/mol. The number of urea groups is 1. The van der Waals surface area contributed by atoms with E-state index in [1.165, 1.54) is 16.7 Å². The Kier molecular flexibility index (Phi) is 6.14. The number of carbonyl (C=O) groups is 2. The maximum atomic E-state index is 12.1. The van der Waals surface area contributed by atoms with Crippen LogP contribution in [0.4, 0.5) is 4.79 Å². The van der Waals surface area contributed by atoms with Gasteiger partial charge in [0.15, 0.2) is 0 Å². The van der Waals surface area contributed by atoms with E-state index in [0.29, 0.717) is 5.75 Å². The van der Waals surface area contributed by atoms with E-state index in [1.807, 2.05) is 13.8 Å². The van der Waals surface area contributed by atoms with Gasteiger partial charge < -0.3 is 10.4 Å². The molecule has 1 aliphatic heterocycles. The molecule has 5 nitrogen and oxygen atoms in total. The summed E-state index contributed by atoms with van der Waals surface area (Å²) in [5.41, 5.74) is 0. The SMILES string of the molecule is CCSCC(C)NC(=O)N1C(C)SCC1C(=O)O. The third kappa shape index (κ3) is 3.98. The summed E-state index contributed by atoms with van der Waals surface area (Å²) < 4.78 is 0. The van der Waals surface area contributed by atoms with Crippen LogP contribution in [0.2, 0.25) is 0 Å². The summed E-state index contributed by atoms with van der Waals surface area (Å²) in [4.78, 5) is 24.6. The van der Waals surface area contributed by atoms with Crippen molar-refractivity contribution in [3.63, 3.8) is 0 Å². The second-order valence-corrected chi connectivity index (χ2v) is 6.87. The van der Waals surface area contributed by atoms with Gasteiger partial charge in [-0.1, -0.05) is 6.92 Å². The molecule has 1 heterocycles. The first-order chi connectivity index (χ1) is 8.47. The fourth-order valence-electron chi connectivity index (χ4n) is 1.76. The van der Waals surface area contributed by atoms with Crippen LogP contribution in [0.3, 0.4) is 0 Å². The molecular formula is C11H20N2O3S2. The predicted octanol–water partition coefficient (Wildman–Crippen LogP) is 1.69. The van der Waals surface area contributed by atoms with E-state index in [9.17, 15) is 9.59 Å². The minimum absolute atomic E-state index is 0.0506.